The zero-order valence-electron chi connectivity index (χ0n) is 14.8. The summed E-state index contributed by atoms with van der Waals surface area (Å²) in [5, 5.41) is -1.24. The predicted octanol–water partition coefficient (Wildman–Crippen LogP) is 2.73. The lowest BCUT2D eigenvalue weighted by Crippen LogP contribution is -2.53. The summed E-state index contributed by atoms with van der Waals surface area (Å²) < 4.78 is 26.1. The van der Waals surface area contributed by atoms with Crippen LogP contribution >= 0.6 is 0 Å². The van der Waals surface area contributed by atoms with E-state index in [9.17, 15) is 18.0 Å². The molecule has 0 N–H and O–H groups in total. The van der Waals surface area contributed by atoms with Crippen LogP contribution in [0.4, 0.5) is 0 Å². The first-order valence-electron chi connectivity index (χ1n) is 8.49. The molecule has 1 aliphatic heterocycles. The van der Waals surface area contributed by atoms with Gasteiger partial charge in [-0.05, 0) is 30.5 Å². The van der Waals surface area contributed by atoms with E-state index in [2.05, 4.69) is 0 Å². The summed E-state index contributed by atoms with van der Waals surface area (Å²) in [6.45, 7) is 3.60. The standard InChI is InChI=1S/C20H21NO4S/c1-14-8-10-17(11-9-14)26(24,25)19-15(2)12-18(22)21(20(19)23)13-16-6-4-3-5-7-16/h3-11,15,19H,12-13H2,1-2H3/t15-,19-/m1/s1. The van der Waals surface area contributed by atoms with Crippen molar-refractivity contribution in [2.24, 2.45) is 5.92 Å². The third kappa shape index (κ3) is 3.42. The zero-order chi connectivity index (χ0) is 18.9. The Morgan fingerprint density at radius 2 is 1.62 bits per heavy atom. The van der Waals surface area contributed by atoms with Crippen molar-refractivity contribution in [3.05, 3.63) is 65.7 Å². The number of piperidine rings is 1. The van der Waals surface area contributed by atoms with E-state index < -0.39 is 26.9 Å². The maximum absolute atomic E-state index is 13.1. The van der Waals surface area contributed by atoms with Crippen molar-refractivity contribution in [1.82, 2.24) is 4.90 Å². The zero-order valence-corrected chi connectivity index (χ0v) is 15.6. The van der Waals surface area contributed by atoms with Crippen LogP contribution in [0, 0.1) is 12.8 Å². The fraction of sp³-hybridized carbons (Fsp3) is 0.300. The van der Waals surface area contributed by atoms with Crippen LogP contribution in [-0.2, 0) is 26.0 Å². The molecular formula is C20H21NO4S. The fourth-order valence-corrected chi connectivity index (χ4v) is 5.17. The lowest BCUT2D eigenvalue weighted by molar-refractivity contribution is -0.150. The fourth-order valence-electron chi connectivity index (χ4n) is 3.26. The van der Waals surface area contributed by atoms with E-state index in [-0.39, 0.29) is 23.8 Å². The van der Waals surface area contributed by atoms with Gasteiger partial charge in [0.1, 0.15) is 5.25 Å². The molecule has 26 heavy (non-hydrogen) atoms. The minimum absolute atomic E-state index is 0.0360. The predicted molar refractivity (Wildman–Crippen MR) is 97.9 cm³/mol. The highest BCUT2D eigenvalue weighted by atomic mass is 32.2. The molecule has 136 valence electrons. The molecule has 0 unspecified atom stereocenters. The molecule has 2 amide bonds. The van der Waals surface area contributed by atoms with Gasteiger partial charge in [-0.25, -0.2) is 8.42 Å². The molecule has 0 saturated carbocycles. The van der Waals surface area contributed by atoms with Crippen LogP contribution in [0.15, 0.2) is 59.5 Å². The number of carbonyl (C=O) groups excluding carboxylic acids is 2. The number of benzene rings is 2. The van der Waals surface area contributed by atoms with Crippen LogP contribution in [0.3, 0.4) is 0 Å². The lowest BCUT2D eigenvalue weighted by atomic mass is 9.96. The molecular weight excluding hydrogens is 350 g/mol. The topological polar surface area (TPSA) is 71.5 Å². The van der Waals surface area contributed by atoms with Crippen molar-refractivity contribution in [1.29, 1.82) is 0 Å². The number of amides is 2. The second-order valence-electron chi connectivity index (χ2n) is 6.76. The van der Waals surface area contributed by atoms with Crippen LogP contribution in [0.2, 0.25) is 0 Å². The first kappa shape index (κ1) is 18.3. The number of rotatable bonds is 4. The molecule has 2 atom stereocenters. The Labute approximate surface area is 153 Å². The van der Waals surface area contributed by atoms with Gasteiger partial charge in [0.15, 0.2) is 9.84 Å². The van der Waals surface area contributed by atoms with Gasteiger partial charge in [-0.2, -0.15) is 0 Å². The van der Waals surface area contributed by atoms with Gasteiger partial charge in [0.25, 0.3) is 0 Å². The largest absolute Gasteiger partial charge is 0.277 e. The molecule has 1 aliphatic rings. The van der Waals surface area contributed by atoms with Gasteiger partial charge >= 0.3 is 0 Å². The first-order chi connectivity index (χ1) is 12.3. The number of likely N-dealkylation sites (tertiary alicyclic amines) is 1. The smallest absolute Gasteiger partial charge is 0.248 e. The van der Waals surface area contributed by atoms with Crippen molar-refractivity contribution < 1.29 is 18.0 Å². The third-order valence-corrected chi connectivity index (χ3v) is 6.96. The normalized spacial score (nSPS) is 21.1. The quantitative estimate of drug-likeness (QED) is 0.775. The van der Waals surface area contributed by atoms with Gasteiger partial charge in [-0.3, -0.25) is 14.5 Å². The van der Waals surface area contributed by atoms with Gasteiger partial charge in [0.2, 0.25) is 11.8 Å². The molecule has 0 aliphatic carbocycles. The molecule has 6 heteroatoms. The van der Waals surface area contributed by atoms with Crippen molar-refractivity contribution in [2.75, 3.05) is 0 Å². The summed E-state index contributed by atoms with van der Waals surface area (Å²) >= 11 is 0. The summed E-state index contributed by atoms with van der Waals surface area (Å²) in [5.74, 6) is -1.53. The molecule has 1 heterocycles. The van der Waals surface area contributed by atoms with E-state index in [1.165, 1.54) is 12.1 Å². The van der Waals surface area contributed by atoms with Gasteiger partial charge in [-0.1, -0.05) is 55.0 Å². The average molecular weight is 371 g/mol. The van der Waals surface area contributed by atoms with Gasteiger partial charge in [0.05, 0.1) is 11.4 Å². The average Bonchev–Trinajstić information content (AvgIpc) is 2.59. The first-order valence-corrected chi connectivity index (χ1v) is 10.0. The number of aryl methyl sites for hydroxylation is 1. The Kier molecular flexibility index (Phi) is 4.96. The Balaban J connectivity index is 1.94. The van der Waals surface area contributed by atoms with E-state index in [1.807, 2.05) is 37.3 Å². The highest BCUT2D eigenvalue weighted by Crippen LogP contribution is 2.30. The molecule has 1 fully saturated rings. The molecule has 0 bridgehead atoms. The molecule has 5 nitrogen and oxygen atoms in total. The summed E-state index contributed by atoms with van der Waals surface area (Å²) in [5.41, 5.74) is 1.73. The molecule has 2 aromatic rings. The summed E-state index contributed by atoms with van der Waals surface area (Å²) in [6, 6.07) is 15.5. The van der Waals surface area contributed by atoms with E-state index in [0.717, 1.165) is 16.0 Å². The molecule has 3 rings (SSSR count). The lowest BCUT2D eigenvalue weighted by Gasteiger charge is -2.34. The SMILES string of the molecule is Cc1ccc(S(=O)(=O)[C@H]2C(=O)N(Cc3ccccc3)C(=O)C[C@H]2C)cc1. The van der Waals surface area contributed by atoms with Crippen LogP contribution in [0.1, 0.15) is 24.5 Å². The number of imide groups is 1. The monoisotopic (exact) mass is 371 g/mol. The van der Waals surface area contributed by atoms with Gasteiger partial charge < -0.3 is 0 Å². The molecule has 2 aromatic carbocycles. The summed E-state index contributed by atoms with van der Waals surface area (Å²) in [7, 11) is -3.87. The van der Waals surface area contributed by atoms with Crippen LogP contribution in [0.25, 0.3) is 0 Å². The van der Waals surface area contributed by atoms with Crippen molar-refractivity contribution in [3.63, 3.8) is 0 Å². The van der Waals surface area contributed by atoms with Crippen LogP contribution < -0.4 is 0 Å². The Morgan fingerprint density at radius 1 is 1.00 bits per heavy atom. The molecule has 0 aromatic heterocycles. The number of nitrogens with zero attached hydrogens (tertiary/aromatic N) is 1. The van der Waals surface area contributed by atoms with E-state index in [0.29, 0.717) is 0 Å². The molecule has 0 radical (unpaired) electrons. The highest BCUT2D eigenvalue weighted by molar-refractivity contribution is 7.92. The van der Waals surface area contributed by atoms with E-state index in [1.54, 1.807) is 19.1 Å². The van der Waals surface area contributed by atoms with Gasteiger partial charge in [-0.15, -0.1) is 0 Å². The Hall–Kier alpha value is -2.47. The molecule has 0 spiro atoms. The van der Waals surface area contributed by atoms with E-state index in [4.69, 9.17) is 0 Å². The Bertz CT molecular complexity index is 920. The minimum atomic E-state index is -3.87. The maximum atomic E-state index is 13.1. The Morgan fingerprint density at radius 3 is 2.23 bits per heavy atom. The minimum Gasteiger partial charge on any atom is -0.277 e. The number of hydrogen-bond acceptors (Lipinski definition) is 4. The van der Waals surface area contributed by atoms with E-state index >= 15 is 0 Å². The second kappa shape index (κ2) is 7.03. The number of carbonyl (C=O) groups is 2. The highest BCUT2D eigenvalue weighted by Gasteiger charge is 2.47. The van der Waals surface area contributed by atoms with Crippen LogP contribution in [-0.4, -0.2) is 30.4 Å². The third-order valence-electron chi connectivity index (χ3n) is 4.69. The summed E-state index contributed by atoms with van der Waals surface area (Å²) in [4.78, 5) is 26.5. The summed E-state index contributed by atoms with van der Waals surface area (Å²) in [6.07, 6.45) is 0.0360. The second-order valence-corrected chi connectivity index (χ2v) is 8.83. The number of hydrogen-bond donors (Lipinski definition) is 0. The van der Waals surface area contributed by atoms with Crippen LogP contribution in [0.5, 0.6) is 0 Å². The maximum Gasteiger partial charge on any atom is 0.248 e. The van der Waals surface area contributed by atoms with Gasteiger partial charge in [0, 0.05) is 6.42 Å². The number of sulfone groups is 1. The van der Waals surface area contributed by atoms with Crippen molar-refractivity contribution in [3.8, 4) is 0 Å². The van der Waals surface area contributed by atoms with Crippen molar-refractivity contribution in [2.45, 2.75) is 37.0 Å². The molecule has 1 saturated heterocycles. The van der Waals surface area contributed by atoms with Crippen molar-refractivity contribution >= 4 is 21.7 Å².